The molecular weight excluding hydrogens is 352 g/mol. The van der Waals surface area contributed by atoms with Crippen LogP contribution in [0.15, 0.2) is 30.5 Å². The number of pyridine rings is 1. The fourth-order valence-electron chi connectivity index (χ4n) is 3.80. The molecular formula is C23H32N2O3. The van der Waals surface area contributed by atoms with Crippen LogP contribution in [-0.2, 0) is 9.53 Å². The predicted octanol–water partition coefficient (Wildman–Crippen LogP) is 5.34. The zero-order valence-corrected chi connectivity index (χ0v) is 17.5. The number of anilines is 1. The maximum absolute atomic E-state index is 13.3. The topological polar surface area (TPSA) is 60.5 Å². The van der Waals surface area contributed by atoms with Crippen LogP contribution in [0.5, 0.6) is 5.75 Å². The maximum atomic E-state index is 13.3. The van der Waals surface area contributed by atoms with E-state index in [1.54, 1.807) is 6.20 Å². The quantitative estimate of drug-likeness (QED) is 0.700. The molecule has 5 nitrogen and oxygen atoms in total. The van der Waals surface area contributed by atoms with Crippen LogP contribution in [0.2, 0.25) is 0 Å². The van der Waals surface area contributed by atoms with Crippen molar-refractivity contribution in [3.05, 3.63) is 30.5 Å². The van der Waals surface area contributed by atoms with Crippen molar-refractivity contribution in [3.63, 3.8) is 0 Å². The lowest BCUT2D eigenvalue weighted by atomic mass is 9.78. The number of nitrogens with one attached hydrogen (secondary N) is 1. The fourth-order valence-corrected chi connectivity index (χ4v) is 3.80. The molecule has 1 N–H and O–H groups in total. The highest BCUT2D eigenvalue weighted by molar-refractivity contribution is 6.05. The number of aromatic nitrogens is 1. The van der Waals surface area contributed by atoms with Gasteiger partial charge in [0.2, 0.25) is 0 Å². The minimum atomic E-state index is -0.732. The summed E-state index contributed by atoms with van der Waals surface area (Å²) in [5.74, 6) is 1.33. The van der Waals surface area contributed by atoms with Gasteiger partial charge in [0.15, 0.2) is 0 Å². The van der Waals surface area contributed by atoms with Crippen molar-refractivity contribution >= 4 is 22.5 Å². The van der Waals surface area contributed by atoms with Gasteiger partial charge in [0, 0.05) is 18.2 Å². The second-order valence-electron chi connectivity index (χ2n) is 8.16. The number of carbonyl (C=O) groups is 1. The summed E-state index contributed by atoms with van der Waals surface area (Å²) in [6.07, 6.45) is 6.27. The molecule has 1 aromatic carbocycles. The zero-order valence-electron chi connectivity index (χ0n) is 17.5. The molecule has 0 radical (unpaired) electrons. The van der Waals surface area contributed by atoms with E-state index in [1.807, 2.05) is 38.1 Å². The molecule has 0 saturated heterocycles. The molecule has 1 aliphatic carbocycles. The molecule has 28 heavy (non-hydrogen) atoms. The number of nitrogens with zero attached hydrogens (tertiary/aromatic N) is 1. The van der Waals surface area contributed by atoms with Crippen LogP contribution < -0.4 is 10.1 Å². The molecule has 1 fully saturated rings. The highest BCUT2D eigenvalue weighted by Crippen LogP contribution is 2.37. The van der Waals surface area contributed by atoms with E-state index >= 15 is 0 Å². The summed E-state index contributed by atoms with van der Waals surface area (Å²) < 4.78 is 12.0. The summed E-state index contributed by atoms with van der Waals surface area (Å²) in [5, 5.41) is 4.02. The standard InChI is InChI=1S/C23H32N2O3/c1-5-15-27-23(12-10-17(4)11-13-23)22(26)25-19-8-9-20(28-16(2)3)21-18(19)7-6-14-24-21/h6-9,14,16-17H,5,10-13,15H2,1-4H3,(H,25,26). The van der Waals surface area contributed by atoms with E-state index < -0.39 is 5.60 Å². The van der Waals surface area contributed by atoms with Crippen LogP contribution in [0.1, 0.15) is 59.8 Å². The van der Waals surface area contributed by atoms with Crippen LogP contribution in [-0.4, -0.2) is 29.2 Å². The third kappa shape index (κ3) is 4.46. The van der Waals surface area contributed by atoms with Gasteiger partial charge in [0.25, 0.3) is 5.91 Å². The van der Waals surface area contributed by atoms with Gasteiger partial charge in [0.05, 0.1) is 11.8 Å². The molecule has 1 saturated carbocycles. The van der Waals surface area contributed by atoms with Crippen molar-refractivity contribution in [2.45, 2.75) is 71.5 Å². The van der Waals surface area contributed by atoms with E-state index in [9.17, 15) is 4.79 Å². The molecule has 5 heteroatoms. The third-order valence-corrected chi connectivity index (χ3v) is 5.42. The van der Waals surface area contributed by atoms with Crippen molar-refractivity contribution in [1.82, 2.24) is 4.98 Å². The van der Waals surface area contributed by atoms with Gasteiger partial charge in [-0.25, -0.2) is 0 Å². The van der Waals surface area contributed by atoms with Gasteiger partial charge in [-0.1, -0.05) is 13.8 Å². The molecule has 2 aromatic rings. The maximum Gasteiger partial charge on any atom is 0.256 e. The van der Waals surface area contributed by atoms with Crippen LogP contribution >= 0.6 is 0 Å². The number of benzene rings is 1. The summed E-state index contributed by atoms with van der Waals surface area (Å²) in [5.41, 5.74) is 0.779. The molecule has 152 valence electrons. The average molecular weight is 385 g/mol. The number of carbonyl (C=O) groups excluding carboxylic acids is 1. The van der Waals surface area contributed by atoms with E-state index in [2.05, 4.69) is 24.1 Å². The van der Waals surface area contributed by atoms with Gasteiger partial charge in [-0.3, -0.25) is 9.78 Å². The van der Waals surface area contributed by atoms with Crippen molar-refractivity contribution < 1.29 is 14.3 Å². The Morgan fingerprint density at radius 2 is 2.04 bits per heavy atom. The minimum Gasteiger partial charge on any atom is -0.489 e. The monoisotopic (exact) mass is 384 g/mol. The summed E-state index contributed by atoms with van der Waals surface area (Å²) in [6.45, 7) is 8.90. The SMILES string of the molecule is CCCOC1(C(=O)Nc2ccc(OC(C)C)c3ncccc23)CCC(C)CC1. The lowest BCUT2D eigenvalue weighted by molar-refractivity contribution is -0.147. The number of hydrogen-bond acceptors (Lipinski definition) is 4. The van der Waals surface area contributed by atoms with E-state index in [4.69, 9.17) is 9.47 Å². The Morgan fingerprint density at radius 3 is 2.71 bits per heavy atom. The normalized spacial score (nSPS) is 22.4. The van der Waals surface area contributed by atoms with E-state index in [-0.39, 0.29) is 12.0 Å². The predicted molar refractivity (Wildman–Crippen MR) is 113 cm³/mol. The largest absolute Gasteiger partial charge is 0.489 e. The Hall–Kier alpha value is -2.14. The molecule has 1 aliphatic rings. The Bertz CT molecular complexity index is 805. The molecule has 0 aliphatic heterocycles. The summed E-state index contributed by atoms with van der Waals surface area (Å²) in [6, 6.07) is 7.63. The Kier molecular flexibility index (Phi) is 6.55. The highest BCUT2D eigenvalue weighted by Gasteiger charge is 2.42. The molecule has 1 heterocycles. The lowest BCUT2D eigenvalue weighted by Crippen LogP contribution is -2.48. The van der Waals surface area contributed by atoms with E-state index in [0.29, 0.717) is 12.5 Å². The first-order valence-electron chi connectivity index (χ1n) is 10.4. The number of rotatable bonds is 7. The molecule has 0 unspecified atom stereocenters. The van der Waals surface area contributed by atoms with Crippen LogP contribution in [0, 0.1) is 5.92 Å². The molecule has 1 amide bonds. The third-order valence-electron chi connectivity index (χ3n) is 5.42. The highest BCUT2D eigenvalue weighted by atomic mass is 16.5. The first-order valence-corrected chi connectivity index (χ1v) is 10.4. The summed E-state index contributed by atoms with van der Waals surface area (Å²) in [4.78, 5) is 17.8. The number of ether oxygens (including phenoxy) is 2. The van der Waals surface area contributed by atoms with Crippen molar-refractivity contribution in [2.75, 3.05) is 11.9 Å². The molecule has 3 rings (SSSR count). The van der Waals surface area contributed by atoms with Crippen molar-refractivity contribution in [2.24, 2.45) is 5.92 Å². The first kappa shape index (κ1) is 20.6. The summed E-state index contributed by atoms with van der Waals surface area (Å²) in [7, 11) is 0. The van der Waals surface area contributed by atoms with E-state index in [0.717, 1.165) is 54.4 Å². The lowest BCUT2D eigenvalue weighted by Gasteiger charge is -2.38. The average Bonchev–Trinajstić information content (AvgIpc) is 2.69. The van der Waals surface area contributed by atoms with Gasteiger partial charge in [0.1, 0.15) is 16.9 Å². The molecule has 0 spiro atoms. The van der Waals surface area contributed by atoms with Gasteiger partial charge >= 0.3 is 0 Å². The van der Waals surface area contributed by atoms with Gasteiger partial charge < -0.3 is 14.8 Å². The number of hydrogen-bond donors (Lipinski definition) is 1. The number of fused-ring (bicyclic) bond motifs is 1. The van der Waals surface area contributed by atoms with Crippen LogP contribution in [0.3, 0.4) is 0 Å². The molecule has 0 atom stereocenters. The first-order chi connectivity index (χ1) is 13.4. The van der Waals surface area contributed by atoms with Gasteiger partial charge in [-0.15, -0.1) is 0 Å². The zero-order chi connectivity index (χ0) is 20.1. The molecule has 1 aromatic heterocycles. The van der Waals surface area contributed by atoms with Crippen LogP contribution in [0.25, 0.3) is 10.9 Å². The van der Waals surface area contributed by atoms with Crippen LogP contribution in [0.4, 0.5) is 5.69 Å². The number of amides is 1. The van der Waals surface area contributed by atoms with Crippen molar-refractivity contribution in [1.29, 1.82) is 0 Å². The van der Waals surface area contributed by atoms with Crippen molar-refractivity contribution in [3.8, 4) is 5.75 Å². The minimum absolute atomic E-state index is 0.0458. The van der Waals surface area contributed by atoms with E-state index in [1.165, 1.54) is 0 Å². The Labute approximate surface area is 167 Å². The van der Waals surface area contributed by atoms with Gasteiger partial charge in [-0.2, -0.15) is 0 Å². The second-order valence-corrected chi connectivity index (χ2v) is 8.16. The fraction of sp³-hybridized carbons (Fsp3) is 0.565. The smallest absolute Gasteiger partial charge is 0.256 e. The second kappa shape index (κ2) is 8.91. The Morgan fingerprint density at radius 1 is 1.29 bits per heavy atom. The van der Waals surface area contributed by atoms with Gasteiger partial charge in [-0.05, 0) is 76.1 Å². The molecule has 0 bridgehead atoms. The summed E-state index contributed by atoms with van der Waals surface area (Å²) >= 11 is 0. The Balaban J connectivity index is 1.89.